The number of nitrogens with one attached hydrogen (secondary N) is 1. The van der Waals surface area contributed by atoms with Gasteiger partial charge in [-0.05, 0) is 42.1 Å². The van der Waals surface area contributed by atoms with Crippen molar-refractivity contribution >= 4 is 29.3 Å². The van der Waals surface area contributed by atoms with Crippen LogP contribution in [0.25, 0.3) is 6.08 Å². The summed E-state index contributed by atoms with van der Waals surface area (Å²) in [5.41, 5.74) is 0.746. The molecule has 1 aromatic carbocycles. The minimum atomic E-state index is -0.598. The lowest BCUT2D eigenvalue weighted by Crippen LogP contribution is -2.30. The zero-order valence-corrected chi connectivity index (χ0v) is 15.7. The SMILES string of the molecule is COc1ccc(/C=C/C(=O)OCC(=O)N[C@H](C)c2cccs2)cc1OC. The molecule has 0 fully saturated rings. The van der Waals surface area contributed by atoms with Gasteiger partial charge in [-0.15, -0.1) is 11.3 Å². The van der Waals surface area contributed by atoms with Crippen molar-refractivity contribution in [3.8, 4) is 11.5 Å². The number of carbonyl (C=O) groups excluding carboxylic acids is 2. The minimum Gasteiger partial charge on any atom is -0.493 e. The van der Waals surface area contributed by atoms with Gasteiger partial charge in [0.25, 0.3) is 5.91 Å². The Kier molecular flexibility index (Phi) is 7.23. The third-order valence-electron chi connectivity index (χ3n) is 3.51. The van der Waals surface area contributed by atoms with Crippen LogP contribution in [0.4, 0.5) is 0 Å². The Morgan fingerprint density at radius 3 is 2.62 bits per heavy atom. The predicted molar refractivity (Wildman–Crippen MR) is 100 cm³/mol. The fourth-order valence-electron chi connectivity index (χ4n) is 2.20. The van der Waals surface area contributed by atoms with E-state index in [9.17, 15) is 9.59 Å². The minimum absolute atomic E-state index is 0.122. The van der Waals surface area contributed by atoms with Gasteiger partial charge in [0, 0.05) is 11.0 Å². The molecule has 138 valence electrons. The molecule has 0 saturated carbocycles. The summed E-state index contributed by atoms with van der Waals surface area (Å²) in [5, 5.41) is 4.72. The smallest absolute Gasteiger partial charge is 0.331 e. The van der Waals surface area contributed by atoms with Crippen LogP contribution in [0.1, 0.15) is 23.4 Å². The molecule has 0 aliphatic heterocycles. The fraction of sp³-hybridized carbons (Fsp3) is 0.263. The first-order valence-electron chi connectivity index (χ1n) is 7.93. The van der Waals surface area contributed by atoms with Crippen LogP contribution < -0.4 is 14.8 Å². The third kappa shape index (κ3) is 5.63. The molecule has 0 bridgehead atoms. The van der Waals surface area contributed by atoms with Gasteiger partial charge < -0.3 is 19.5 Å². The lowest BCUT2D eigenvalue weighted by Gasteiger charge is -2.11. The molecule has 1 N–H and O–H groups in total. The standard InChI is InChI=1S/C19H21NO5S/c1-13(17-5-4-10-26-17)20-18(21)12-25-19(22)9-7-14-6-8-15(23-2)16(11-14)24-3/h4-11,13H,12H2,1-3H3,(H,20,21)/b9-7+/t13-/m1/s1. The zero-order chi connectivity index (χ0) is 18.9. The number of esters is 1. The van der Waals surface area contributed by atoms with Crippen molar-refractivity contribution in [2.24, 2.45) is 0 Å². The summed E-state index contributed by atoms with van der Waals surface area (Å²) in [7, 11) is 3.09. The van der Waals surface area contributed by atoms with Crippen LogP contribution in [0.5, 0.6) is 11.5 Å². The number of carbonyl (C=O) groups is 2. The first kappa shape index (κ1) is 19.5. The predicted octanol–water partition coefficient (Wildman–Crippen LogP) is 3.20. The first-order valence-corrected chi connectivity index (χ1v) is 8.81. The van der Waals surface area contributed by atoms with Gasteiger partial charge in [0.15, 0.2) is 18.1 Å². The average Bonchev–Trinajstić information content (AvgIpc) is 3.19. The third-order valence-corrected chi connectivity index (χ3v) is 4.57. The van der Waals surface area contributed by atoms with Crippen LogP contribution in [0, 0.1) is 0 Å². The largest absolute Gasteiger partial charge is 0.493 e. The Balaban J connectivity index is 1.82. The summed E-state index contributed by atoms with van der Waals surface area (Å²) in [6.07, 6.45) is 2.84. The van der Waals surface area contributed by atoms with Crippen LogP contribution in [0.15, 0.2) is 41.8 Å². The number of amides is 1. The Labute approximate surface area is 156 Å². The van der Waals surface area contributed by atoms with Crippen LogP contribution in [0.2, 0.25) is 0 Å². The average molecular weight is 375 g/mol. The van der Waals surface area contributed by atoms with Gasteiger partial charge in [0.2, 0.25) is 0 Å². The molecule has 0 aliphatic carbocycles. The van der Waals surface area contributed by atoms with Crippen LogP contribution in [-0.4, -0.2) is 32.7 Å². The molecule has 0 aliphatic rings. The molecule has 2 rings (SSSR count). The normalized spacial score (nSPS) is 11.8. The Bertz CT molecular complexity index is 770. The molecule has 1 amide bonds. The maximum Gasteiger partial charge on any atom is 0.331 e. The van der Waals surface area contributed by atoms with E-state index in [2.05, 4.69) is 5.32 Å². The molecule has 0 saturated heterocycles. The zero-order valence-electron chi connectivity index (χ0n) is 14.9. The van der Waals surface area contributed by atoms with Gasteiger partial charge in [-0.1, -0.05) is 12.1 Å². The Hall–Kier alpha value is -2.80. The number of rotatable bonds is 8. The van der Waals surface area contributed by atoms with Crippen molar-refractivity contribution in [1.82, 2.24) is 5.32 Å². The van der Waals surface area contributed by atoms with E-state index < -0.39 is 5.97 Å². The second kappa shape index (κ2) is 9.62. The van der Waals surface area contributed by atoms with Crippen molar-refractivity contribution in [3.63, 3.8) is 0 Å². The number of thiophene rings is 1. The summed E-state index contributed by atoms with van der Waals surface area (Å²) in [6.45, 7) is 1.55. The maximum atomic E-state index is 11.8. The highest BCUT2D eigenvalue weighted by Crippen LogP contribution is 2.27. The number of methoxy groups -OCH3 is 2. The van der Waals surface area contributed by atoms with Crippen molar-refractivity contribution < 1.29 is 23.8 Å². The van der Waals surface area contributed by atoms with Crippen LogP contribution in [0.3, 0.4) is 0 Å². The second-order valence-electron chi connectivity index (χ2n) is 5.36. The highest BCUT2D eigenvalue weighted by molar-refractivity contribution is 7.10. The molecular weight excluding hydrogens is 354 g/mol. The van der Waals surface area contributed by atoms with Gasteiger partial charge >= 0.3 is 5.97 Å². The molecule has 0 radical (unpaired) electrons. The molecule has 2 aromatic rings. The van der Waals surface area contributed by atoms with Crippen molar-refractivity contribution in [3.05, 3.63) is 52.2 Å². The molecule has 0 unspecified atom stereocenters. The molecule has 1 aromatic heterocycles. The molecule has 6 nitrogen and oxygen atoms in total. The van der Waals surface area contributed by atoms with E-state index in [1.54, 1.807) is 42.7 Å². The van der Waals surface area contributed by atoms with E-state index in [0.717, 1.165) is 10.4 Å². The number of hydrogen-bond acceptors (Lipinski definition) is 6. The molecule has 1 atom stereocenters. The van der Waals surface area contributed by atoms with Gasteiger partial charge in [-0.2, -0.15) is 0 Å². The van der Waals surface area contributed by atoms with Crippen molar-refractivity contribution in [2.75, 3.05) is 20.8 Å². The summed E-state index contributed by atoms with van der Waals surface area (Å²) in [5.74, 6) is 0.214. The van der Waals surface area contributed by atoms with E-state index in [1.807, 2.05) is 24.4 Å². The fourth-order valence-corrected chi connectivity index (χ4v) is 2.93. The maximum absolute atomic E-state index is 11.8. The van der Waals surface area contributed by atoms with Gasteiger partial charge in [0.1, 0.15) is 0 Å². The van der Waals surface area contributed by atoms with Gasteiger partial charge in [0.05, 0.1) is 20.3 Å². The molecule has 0 spiro atoms. The Morgan fingerprint density at radius 2 is 1.96 bits per heavy atom. The lowest BCUT2D eigenvalue weighted by molar-refractivity contribution is -0.144. The topological polar surface area (TPSA) is 73.9 Å². The quantitative estimate of drug-likeness (QED) is 0.567. The lowest BCUT2D eigenvalue weighted by atomic mass is 10.2. The summed E-state index contributed by atoms with van der Waals surface area (Å²) < 4.78 is 15.3. The summed E-state index contributed by atoms with van der Waals surface area (Å²) >= 11 is 1.56. The number of ether oxygens (including phenoxy) is 3. The highest BCUT2D eigenvalue weighted by atomic mass is 32.1. The highest BCUT2D eigenvalue weighted by Gasteiger charge is 2.11. The van der Waals surface area contributed by atoms with Crippen molar-refractivity contribution in [1.29, 1.82) is 0 Å². The molecule has 7 heteroatoms. The molecular formula is C19H21NO5S. The van der Waals surface area contributed by atoms with E-state index >= 15 is 0 Å². The summed E-state index contributed by atoms with van der Waals surface area (Å²) in [6, 6.07) is 8.99. The number of benzene rings is 1. The van der Waals surface area contributed by atoms with E-state index in [-0.39, 0.29) is 18.6 Å². The van der Waals surface area contributed by atoms with E-state index in [0.29, 0.717) is 11.5 Å². The molecule has 1 heterocycles. The number of hydrogen-bond donors (Lipinski definition) is 1. The van der Waals surface area contributed by atoms with Gasteiger partial charge in [-0.25, -0.2) is 4.79 Å². The Morgan fingerprint density at radius 1 is 1.19 bits per heavy atom. The van der Waals surface area contributed by atoms with Crippen LogP contribution >= 0.6 is 11.3 Å². The van der Waals surface area contributed by atoms with E-state index in [4.69, 9.17) is 14.2 Å². The summed E-state index contributed by atoms with van der Waals surface area (Å²) in [4.78, 5) is 24.7. The second-order valence-corrected chi connectivity index (χ2v) is 6.34. The van der Waals surface area contributed by atoms with Crippen molar-refractivity contribution in [2.45, 2.75) is 13.0 Å². The monoisotopic (exact) mass is 375 g/mol. The van der Waals surface area contributed by atoms with E-state index in [1.165, 1.54) is 13.2 Å². The van der Waals surface area contributed by atoms with Gasteiger partial charge in [-0.3, -0.25) is 4.79 Å². The first-order chi connectivity index (χ1) is 12.5. The van der Waals surface area contributed by atoms with Crippen LogP contribution in [-0.2, 0) is 14.3 Å². The molecule has 26 heavy (non-hydrogen) atoms.